The monoisotopic (exact) mass is 923 g/mol. The van der Waals surface area contributed by atoms with E-state index in [1.165, 1.54) is 25.7 Å². The lowest BCUT2D eigenvalue weighted by atomic mass is 9.33. The Morgan fingerprint density at radius 3 is 2.11 bits per heavy atom. The molecule has 17 heteroatoms. The molecule has 0 aromatic heterocycles. The van der Waals surface area contributed by atoms with Crippen LogP contribution in [0.1, 0.15) is 133 Å². The molecule has 1 N–H and O–H groups in total. The first-order valence-electron chi connectivity index (χ1n) is 23.5. The van der Waals surface area contributed by atoms with Crippen LogP contribution in [0.4, 0.5) is 17.1 Å². The number of nitro benzene ring substituents is 2. The van der Waals surface area contributed by atoms with Gasteiger partial charge in [0.25, 0.3) is 11.4 Å². The summed E-state index contributed by atoms with van der Waals surface area (Å²) in [5.74, 6) is -1.62. The van der Waals surface area contributed by atoms with Crippen LogP contribution < -0.4 is 5.32 Å². The van der Waals surface area contributed by atoms with Crippen LogP contribution >= 0.6 is 0 Å². The van der Waals surface area contributed by atoms with E-state index < -0.39 is 93.3 Å². The number of non-ortho nitro benzene ring substituents is 1. The van der Waals surface area contributed by atoms with Gasteiger partial charge in [-0.05, 0) is 115 Å². The number of carbonyl (C=O) groups is 4. The fraction of sp³-hybridized carbons (Fsp3) is 0.755. The van der Waals surface area contributed by atoms with E-state index >= 15 is 0 Å². The number of allylic oxidation sites excluding steroid dienone is 2. The summed E-state index contributed by atoms with van der Waals surface area (Å²) in [7, 11) is 1.53. The predicted molar refractivity (Wildman–Crippen MR) is 239 cm³/mol. The highest BCUT2D eigenvalue weighted by Crippen LogP contribution is 2.76. The second-order valence-corrected chi connectivity index (χ2v) is 22.2. The lowest BCUT2D eigenvalue weighted by molar-refractivity contribution is -0.393. The average molecular weight is 924 g/mol. The van der Waals surface area contributed by atoms with Gasteiger partial charge >= 0.3 is 23.9 Å². The number of hydrogen-bond acceptors (Lipinski definition) is 15. The quantitative estimate of drug-likeness (QED) is 0.0547. The number of nitrogens with one attached hydrogen (secondary N) is 1. The number of esters is 4. The highest BCUT2D eigenvalue weighted by molar-refractivity contribution is 5.78. The largest absolute Gasteiger partial charge is 0.469 e. The number of ether oxygens (including phenoxy) is 6. The van der Waals surface area contributed by atoms with Gasteiger partial charge in [0.1, 0.15) is 24.4 Å². The molecule has 1 heterocycles. The van der Waals surface area contributed by atoms with Crippen LogP contribution in [-0.4, -0.2) is 84.2 Å². The van der Waals surface area contributed by atoms with Crippen molar-refractivity contribution in [3.8, 4) is 0 Å². The summed E-state index contributed by atoms with van der Waals surface area (Å²) in [5.41, 5.74) is -1.02. The summed E-state index contributed by atoms with van der Waals surface area (Å²) in [6.45, 7) is 19.6. The maximum absolute atomic E-state index is 13.8. The molecule has 0 radical (unpaired) electrons. The number of methoxy groups -OCH3 is 1. The molecule has 0 spiro atoms. The van der Waals surface area contributed by atoms with Crippen LogP contribution in [0.15, 0.2) is 29.8 Å². The van der Waals surface area contributed by atoms with Gasteiger partial charge in [0.2, 0.25) is 0 Å². The van der Waals surface area contributed by atoms with Crippen molar-refractivity contribution in [2.24, 2.45) is 50.2 Å². The molecule has 1 saturated heterocycles. The average Bonchev–Trinajstić information content (AvgIpc) is 3.22. The van der Waals surface area contributed by atoms with Crippen molar-refractivity contribution < 1.29 is 57.4 Å². The maximum atomic E-state index is 13.8. The third-order valence-corrected chi connectivity index (χ3v) is 17.9. The van der Waals surface area contributed by atoms with Gasteiger partial charge in [0.15, 0.2) is 18.5 Å². The van der Waals surface area contributed by atoms with E-state index in [0.717, 1.165) is 83.8 Å². The first kappa shape index (κ1) is 49.3. The molecule has 5 fully saturated rings. The summed E-state index contributed by atoms with van der Waals surface area (Å²) in [5, 5.41) is 27.1. The number of carbonyl (C=O) groups excluding carboxylic acids is 4. The Labute approximate surface area is 387 Å². The number of anilines is 1. The summed E-state index contributed by atoms with van der Waals surface area (Å²) in [6, 6.07) is 1.83. The summed E-state index contributed by atoms with van der Waals surface area (Å²) in [4.78, 5) is 73.8. The smallest absolute Gasteiger partial charge is 0.312 e. The third kappa shape index (κ3) is 8.27. The SMILES string of the molecule is COC(=O)[C@]12CCC(C)(C)C[C@H]1C1=CC[C@@H]3[C@@]4(C)CC[C@H](O[C@@H]5O[C@H](COC(C)=O)[C@@H](OC(C)=O)[C@H](OC(C)=O)[C@H]5Nc5ccc([N+](=O)[O-])cc5[N+](=O)[O-])C(C)(C)[C@@H]4CC[C@@]3(C)[C@]1(C)CC2. The minimum atomic E-state index is -1.40. The van der Waals surface area contributed by atoms with Gasteiger partial charge in [-0.25, -0.2) is 0 Å². The Balaban J connectivity index is 1.24. The second-order valence-electron chi connectivity index (χ2n) is 22.2. The molecule has 4 saturated carbocycles. The molecule has 0 unspecified atom stereocenters. The van der Waals surface area contributed by atoms with Gasteiger partial charge in [-0.15, -0.1) is 0 Å². The first-order chi connectivity index (χ1) is 30.7. The molecule has 1 aliphatic heterocycles. The van der Waals surface area contributed by atoms with E-state index in [0.29, 0.717) is 12.3 Å². The standard InChI is InChI=1S/C49H69N3O14/c1-27(53)62-26-35-40(63-28(2)54)41(64-29(3)55)39(50-33-14-12-30(51(57)58)24-34(33)52(59)60)42(65-35)66-38-17-18-46(8)36(45(38,6)7)16-19-48(10)37(46)15-13-31-32-25-44(4,5)20-22-49(32,43(56)61-11)23-21-47(31,48)9/h12-14,24,32,35-42,50H,15-23,25-26H2,1-11H3/t32-,35+,36-,37+,38-,39+,40+,41+,42-,46-,47+,48+,49-/m0/s1. The number of hydrogen-bond donors (Lipinski definition) is 1. The number of rotatable bonds is 11. The van der Waals surface area contributed by atoms with Crippen LogP contribution in [-0.2, 0) is 47.6 Å². The van der Waals surface area contributed by atoms with E-state index in [4.69, 9.17) is 28.4 Å². The lowest BCUT2D eigenvalue weighted by Crippen LogP contribution is -2.67. The predicted octanol–water partition coefficient (Wildman–Crippen LogP) is 8.79. The Kier molecular flexibility index (Phi) is 13.0. The fourth-order valence-electron chi connectivity index (χ4n) is 14.5. The van der Waals surface area contributed by atoms with Crippen LogP contribution in [0.3, 0.4) is 0 Å². The van der Waals surface area contributed by atoms with Crippen LogP contribution in [0, 0.1) is 70.5 Å². The first-order valence-corrected chi connectivity index (χ1v) is 23.5. The van der Waals surface area contributed by atoms with Crippen molar-refractivity contribution in [3.63, 3.8) is 0 Å². The zero-order chi connectivity index (χ0) is 48.5. The molecule has 5 aliphatic carbocycles. The van der Waals surface area contributed by atoms with E-state index in [1.807, 2.05) is 0 Å². The third-order valence-electron chi connectivity index (χ3n) is 17.9. The van der Waals surface area contributed by atoms with Gasteiger partial charge in [-0.2, -0.15) is 0 Å². The molecular formula is C49H69N3O14. The Hall–Kier alpha value is -4.64. The summed E-state index contributed by atoms with van der Waals surface area (Å²) in [6.07, 6.45) is 5.44. The van der Waals surface area contributed by atoms with E-state index in [1.54, 1.807) is 0 Å². The minimum Gasteiger partial charge on any atom is -0.469 e. The van der Waals surface area contributed by atoms with Gasteiger partial charge in [0.05, 0.1) is 34.5 Å². The van der Waals surface area contributed by atoms with Crippen LogP contribution in [0.5, 0.6) is 0 Å². The number of nitro groups is 2. The molecule has 7 rings (SSSR count). The molecule has 1 aromatic carbocycles. The molecule has 0 bridgehead atoms. The Morgan fingerprint density at radius 2 is 1.48 bits per heavy atom. The van der Waals surface area contributed by atoms with E-state index in [-0.39, 0.29) is 45.2 Å². The van der Waals surface area contributed by atoms with Crippen molar-refractivity contribution >= 4 is 40.9 Å². The van der Waals surface area contributed by atoms with Gasteiger partial charge in [-0.1, -0.05) is 60.1 Å². The molecule has 13 atom stereocenters. The van der Waals surface area contributed by atoms with Crippen LogP contribution in [0.25, 0.3) is 0 Å². The molecule has 1 aromatic rings. The molecule has 66 heavy (non-hydrogen) atoms. The zero-order valence-electron chi connectivity index (χ0n) is 40.4. The van der Waals surface area contributed by atoms with Gasteiger partial charge in [-0.3, -0.25) is 39.4 Å². The normalized spacial score (nSPS) is 38.6. The Bertz CT molecular complexity index is 2170. The second kappa shape index (κ2) is 17.5. The number of nitrogens with zero attached hydrogens (tertiary/aromatic N) is 2. The van der Waals surface area contributed by atoms with Gasteiger partial charge in [0, 0.05) is 26.8 Å². The fourth-order valence-corrected chi connectivity index (χ4v) is 14.5. The topological polar surface area (TPSA) is 222 Å². The number of fused-ring (bicyclic) bond motifs is 7. The molecule has 0 amide bonds. The van der Waals surface area contributed by atoms with Crippen molar-refractivity contribution in [2.75, 3.05) is 19.0 Å². The Morgan fingerprint density at radius 1 is 0.818 bits per heavy atom. The minimum absolute atomic E-state index is 0.0517. The van der Waals surface area contributed by atoms with Crippen LogP contribution in [0.2, 0.25) is 0 Å². The molecule has 364 valence electrons. The van der Waals surface area contributed by atoms with Crippen molar-refractivity contribution in [1.29, 1.82) is 0 Å². The highest BCUT2D eigenvalue weighted by atomic mass is 16.7. The lowest BCUT2D eigenvalue weighted by Gasteiger charge is -2.71. The van der Waals surface area contributed by atoms with Gasteiger partial charge < -0.3 is 33.7 Å². The van der Waals surface area contributed by atoms with Crippen molar-refractivity contribution in [1.82, 2.24) is 0 Å². The maximum Gasteiger partial charge on any atom is 0.312 e. The summed E-state index contributed by atoms with van der Waals surface area (Å²) >= 11 is 0. The van der Waals surface area contributed by atoms with E-state index in [9.17, 15) is 39.4 Å². The van der Waals surface area contributed by atoms with Crippen molar-refractivity contribution in [3.05, 3.63) is 50.1 Å². The number of benzene rings is 1. The molecule has 17 nitrogen and oxygen atoms in total. The van der Waals surface area contributed by atoms with E-state index in [2.05, 4.69) is 59.9 Å². The highest BCUT2D eigenvalue weighted by Gasteiger charge is 2.70. The molecule has 6 aliphatic rings. The summed E-state index contributed by atoms with van der Waals surface area (Å²) < 4.78 is 36.2. The molecular weight excluding hydrogens is 855 g/mol. The van der Waals surface area contributed by atoms with Crippen molar-refractivity contribution in [2.45, 2.75) is 170 Å². The zero-order valence-corrected chi connectivity index (χ0v) is 40.4.